The van der Waals surface area contributed by atoms with E-state index in [2.05, 4.69) is 10.6 Å². The lowest BCUT2D eigenvalue weighted by Crippen LogP contribution is -2.43. The number of nitrogens with one attached hydrogen (secondary N) is 2. The van der Waals surface area contributed by atoms with Crippen LogP contribution in [0.25, 0.3) is 0 Å². The van der Waals surface area contributed by atoms with E-state index in [4.69, 9.17) is 15.2 Å². The molecular formula is C24H29FN4O4. The number of nitrogens with two attached hydrogens (primary N) is 1. The lowest BCUT2D eigenvalue weighted by molar-refractivity contribution is 0.0421. The van der Waals surface area contributed by atoms with E-state index in [1.54, 1.807) is 47.4 Å². The zero-order valence-corrected chi connectivity index (χ0v) is 18.6. The number of nitrogens with zero attached hydrogens (tertiary/aromatic N) is 1. The Bertz CT molecular complexity index is 1000. The molecule has 1 unspecified atom stereocenters. The Balaban J connectivity index is 1.42. The van der Waals surface area contributed by atoms with Gasteiger partial charge in [-0.1, -0.05) is 12.1 Å². The van der Waals surface area contributed by atoms with Crippen molar-refractivity contribution in [3.8, 4) is 5.75 Å². The molecule has 2 aromatic rings. The van der Waals surface area contributed by atoms with Crippen LogP contribution < -0.4 is 21.1 Å². The molecule has 0 radical (unpaired) electrons. The average Bonchev–Trinajstić information content (AvgIpc) is 3.32. The fraction of sp³-hybridized carbons (Fsp3) is 0.417. The molecule has 2 saturated heterocycles. The molecule has 2 aliphatic heterocycles. The van der Waals surface area contributed by atoms with E-state index in [-0.39, 0.29) is 37.9 Å². The lowest BCUT2D eigenvalue weighted by atomic mass is 9.86. The van der Waals surface area contributed by atoms with E-state index in [1.165, 1.54) is 7.11 Å². The molecule has 0 aliphatic carbocycles. The number of benzene rings is 2. The van der Waals surface area contributed by atoms with Crippen molar-refractivity contribution in [3.05, 3.63) is 53.6 Å². The van der Waals surface area contributed by atoms with Crippen LogP contribution in [0.5, 0.6) is 5.75 Å². The summed E-state index contributed by atoms with van der Waals surface area (Å²) in [5.41, 5.74) is 6.18. The van der Waals surface area contributed by atoms with Crippen LogP contribution in [-0.2, 0) is 10.4 Å². The van der Waals surface area contributed by atoms with Gasteiger partial charge in [-0.2, -0.15) is 0 Å². The predicted octanol–water partition coefficient (Wildman–Crippen LogP) is 3.29. The number of anilines is 2. The fourth-order valence-corrected chi connectivity index (χ4v) is 4.25. The van der Waals surface area contributed by atoms with Crippen LogP contribution in [0, 0.1) is 0 Å². The Labute approximate surface area is 192 Å². The maximum atomic E-state index is 15.5. The molecule has 9 heteroatoms. The van der Waals surface area contributed by atoms with E-state index in [0.29, 0.717) is 41.5 Å². The molecule has 0 bridgehead atoms. The summed E-state index contributed by atoms with van der Waals surface area (Å²) in [6, 6.07) is 11.2. The zero-order valence-electron chi connectivity index (χ0n) is 18.6. The molecule has 1 atom stereocenters. The third kappa shape index (κ3) is 5.19. The minimum atomic E-state index is -1.49. The maximum Gasteiger partial charge on any atom is 0.319 e. The summed E-state index contributed by atoms with van der Waals surface area (Å²) in [7, 11) is 1.49. The smallest absolute Gasteiger partial charge is 0.319 e. The minimum Gasteiger partial charge on any atom is -0.495 e. The number of hydrogen-bond acceptors (Lipinski definition) is 5. The van der Waals surface area contributed by atoms with E-state index in [1.807, 2.05) is 0 Å². The number of carbonyl (C=O) groups is 2. The second kappa shape index (κ2) is 9.66. The van der Waals surface area contributed by atoms with E-state index in [0.717, 1.165) is 6.42 Å². The lowest BCUT2D eigenvalue weighted by Gasteiger charge is -2.37. The quantitative estimate of drug-likeness (QED) is 0.599. The van der Waals surface area contributed by atoms with Gasteiger partial charge >= 0.3 is 6.03 Å². The second-order valence-electron chi connectivity index (χ2n) is 8.45. The third-order valence-electron chi connectivity index (χ3n) is 6.23. The number of methoxy groups -OCH3 is 1. The summed E-state index contributed by atoms with van der Waals surface area (Å²) >= 11 is 0. The summed E-state index contributed by atoms with van der Waals surface area (Å²) in [6.45, 7) is 1.67. The van der Waals surface area contributed by atoms with Crippen LogP contribution in [0.1, 0.15) is 35.2 Å². The summed E-state index contributed by atoms with van der Waals surface area (Å²) in [5.74, 6) is 0.221. The van der Waals surface area contributed by atoms with Gasteiger partial charge in [0.2, 0.25) is 0 Å². The number of ether oxygens (including phenoxy) is 2. The molecule has 0 saturated carbocycles. The first-order valence-corrected chi connectivity index (χ1v) is 11.1. The Hall–Kier alpha value is -3.33. The summed E-state index contributed by atoms with van der Waals surface area (Å²) in [6.07, 6.45) is 1.16. The van der Waals surface area contributed by atoms with Crippen molar-refractivity contribution in [2.75, 3.05) is 44.5 Å². The van der Waals surface area contributed by atoms with E-state index >= 15 is 4.39 Å². The van der Waals surface area contributed by atoms with Gasteiger partial charge in [-0.05, 0) is 42.3 Å². The fourth-order valence-electron chi connectivity index (χ4n) is 4.25. The van der Waals surface area contributed by atoms with Crippen molar-refractivity contribution >= 4 is 23.3 Å². The first-order chi connectivity index (χ1) is 15.9. The number of rotatable bonds is 5. The molecule has 2 aliphatic rings. The third-order valence-corrected chi connectivity index (χ3v) is 6.23. The van der Waals surface area contributed by atoms with Gasteiger partial charge in [-0.15, -0.1) is 0 Å². The van der Waals surface area contributed by atoms with Crippen molar-refractivity contribution in [1.82, 2.24) is 10.2 Å². The van der Waals surface area contributed by atoms with Crippen LogP contribution in [0.2, 0.25) is 0 Å². The van der Waals surface area contributed by atoms with Gasteiger partial charge in [0, 0.05) is 43.8 Å². The largest absolute Gasteiger partial charge is 0.495 e. The Kier molecular flexibility index (Phi) is 6.69. The summed E-state index contributed by atoms with van der Waals surface area (Å²) < 4.78 is 26.1. The Morgan fingerprint density at radius 3 is 2.55 bits per heavy atom. The van der Waals surface area contributed by atoms with E-state index in [9.17, 15) is 9.59 Å². The van der Waals surface area contributed by atoms with Crippen molar-refractivity contribution in [3.63, 3.8) is 0 Å². The molecule has 0 spiro atoms. The van der Waals surface area contributed by atoms with Gasteiger partial charge in [0.25, 0.3) is 5.91 Å². The first kappa shape index (κ1) is 22.8. The number of carbonyl (C=O) groups excluding carboxylic acids is 2. The van der Waals surface area contributed by atoms with Gasteiger partial charge in [0.15, 0.2) is 0 Å². The SMILES string of the molecule is COc1ccc(C(=O)N2CCC(F)(c3ccc(N)cc3)CC2)cc1NC(=O)NC1CCOC1. The Morgan fingerprint density at radius 1 is 1.18 bits per heavy atom. The highest BCUT2D eigenvalue weighted by Crippen LogP contribution is 2.38. The topological polar surface area (TPSA) is 106 Å². The molecule has 0 aromatic heterocycles. The molecule has 4 rings (SSSR count). The number of halogens is 1. The highest BCUT2D eigenvalue weighted by molar-refractivity contribution is 5.98. The van der Waals surface area contributed by atoms with Gasteiger partial charge in [-0.3, -0.25) is 4.79 Å². The van der Waals surface area contributed by atoms with Gasteiger partial charge in [0.1, 0.15) is 11.4 Å². The Morgan fingerprint density at radius 2 is 1.91 bits per heavy atom. The first-order valence-electron chi connectivity index (χ1n) is 11.1. The molecule has 2 aromatic carbocycles. The normalized spacial score (nSPS) is 19.7. The summed E-state index contributed by atoms with van der Waals surface area (Å²) in [4.78, 5) is 27.1. The minimum absolute atomic E-state index is 0.0452. The number of alkyl halides is 1. The molecule has 2 heterocycles. The number of urea groups is 1. The van der Waals surface area contributed by atoms with Crippen LogP contribution in [0.3, 0.4) is 0 Å². The second-order valence-corrected chi connectivity index (χ2v) is 8.45. The number of likely N-dealkylation sites (tertiary alicyclic amines) is 1. The molecule has 33 heavy (non-hydrogen) atoms. The molecular weight excluding hydrogens is 427 g/mol. The van der Waals surface area contributed by atoms with Gasteiger partial charge in [0.05, 0.1) is 25.4 Å². The maximum absolute atomic E-state index is 15.5. The van der Waals surface area contributed by atoms with Gasteiger partial charge in [-0.25, -0.2) is 9.18 Å². The number of piperidine rings is 1. The van der Waals surface area contributed by atoms with Crippen molar-refractivity contribution in [2.24, 2.45) is 0 Å². The number of amides is 3. The van der Waals surface area contributed by atoms with Crippen LogP contribution in [0.4, 0.5) is 20.6 Å². The number of hydrogen-bond donors (Lipinski definition) is 3. The average molecular weight is 457 g/mol. The van der Waals surface area contributed by atoms with Crippen molar-refractivity contribution in [2.45, 2.75) is 31.0 Å². The molecule has 8 nitrogen and oxygen atoms in total. The molecule has 176 valence electrons. The van der Waals surface area contributed by atoms with Crippen LogP contribution >= 0.6 is 0 Å². The highest BCUT2D eigenvalue weighted by atomic mass is 19.1. The molecule has 4 N–H and O–H groups in total. The standard InChI is InChI=1S/C24H29FN4O4/c1-32-21-7-2-16(14-20(21)28-23(31)27-19-8-13-33-15-19)22(30)29-11-9-24(25,10-12-29)17-3-5-18(26)6-4-17/h2-7,14,19H,8-13,15,26H2,1H3,(H2,27,28,31). The number of nitrogen functional groups attached to an aromatic ring is 1. The van der Waals surface area contributed by atoms with Crippen molar-refractivity contribution in [1.29, 1.82) is 0 Å². The van der Waals surface area contributed by atoms with E-state index < -0.39 is 11.7 Å². The van der Waals surface area contributed by atoms with Crippen molar-refractivity contribution < 1.29 is 23.5 Å². The summed E-state index contributed by atoms with van der Waals surface area (Å²) in [5, 5.41) is 5.60. The zero-order chi connectivity index (χ0) is 23.4. The van der Waals surface area contributed by atoms with Crippen LogP contribution in [0.15, 0.2) is 42.5 Å². The van der Waals surface area contributed by atoms with Gasteiger partial charge < -0.3 is 30.7 Å². The highest BCUT2D eigenvalue weighted by Gasteiger charge is 2.37. The van der Waals surface area contributed by atoms with Crippen LogP contribution in [-0.4, -0.2) is 56.3 Å². The molecule has 3 amide bonds. The molecule has 2 fully saturated rings. The predicted molar refractivity (Wildman–Crippen MR) is 123 cm³/mol. The monoisotopic (exact) mass is 456 g/mol.